The molecule has 0 bridgehead atoms. The zero-order valence-electron chi connectivity index (χ0n) is 12.0. The lowest BCUT2D eigenvalue weighted by Crippen LogP contribution is -2.44. The number of nitrogens with zero attached hydrogens (tertiary/aromatic N) is 2. The molecule has 112 valence electrons. The standard InChI is InChI=1S/C15H19N3O2S/c1-21(19,20)18-10-4-6-13(11-18)16-15-9-8-12-5-2-3-7-14(12)17-15/h2-3,5,7-9,13H,4,6,10-11H2,1H3,(H,16,17). The van der Waals surface area contributed by atoms with E-state index in [1.807, 2.05) is 36.4 Å². The Morgan fingerprint density at radius 2 is 2.05 bits per heavy atom. The number of hydrogen-bond donors (Lipinski definition) is 1. The third-order valence-corrected chi connectivity index (χ3v) is 5.07. The number of nitrogens with one attached hydrogen (secondary N) is 1. The summed E-state index contributed by atoms with van der Waals surface area (Å²) >= 11 is 0. The molecule has 1 aliphatic rings. The van der Waals surface area contributed by atoms with Crippen molar-refractivity contribution in [3.63, 3.8) is 0 Å². The van der Waals surface area contributed by atoms with E-state index in [0.717, 1.165) is 29.6 Å². The van der Waals surface area contributed by atoms with Crippen molar-refractivity contribution >= 4 is 26.7 Å². The van der Waals surface area contributed by atoms with E-state index in [4.69, 9.17) is 0 Å². The Kier molecular flexibility index (Phi) is 3.82. The van der Waals surface area contributed by atoms with E-state index >= 15 is 0 Å². The van der Waals surface area contributed by atoms with Gasteiger partial charge in [0.25, 0.3) is 0 Å². The highest BCUT2D eigenvalue weighted by Gasteiger charge is 2.25. The van der Waals surface area contributed by atoms with Crippen LogP contribution in [0.1, 0.15) is 12.8 Å². The van der Waals surface area contributed by atoms with Crippen LogP contribution in [0.2, 0.25) is 0 Å². The molecule has 0 aliphatic carbocycles. The fraction of sp³-hybridized carbons (Fsp3) is 0.400. The van der Waals surface area contributed by atoms with Gasteiger partial charge >= 0.3 is 0 Å². The molecule has 0 radical (unpaired) electrons. The SMILES string of the molecule is CS(=O)(=O)N1CCCC(Nc2ccc3ccccc3n2)C1. The minimum absolute atomic E-state index is 0.113. The molecule has 1 aromatic heterocycles. The van der Waals surface area contributed by atoms with Gasteiger partial charge in [0, 0.05) is 24.5 Å². The van der Waals surface area contributed by atoms with Gasteiger partial charge in [-0.1, -0.05) is 18.2 Å². The summed E-state index contributed by atoms with van der Waals surface area (Å²) in [6.07, 6.45) is 3.10. The van der Waals surface area contributed by atoms with E-state index in [9.17, 15) is 8.42 Å². The van der Waals surface area contributed by atoms with Crippen molar-refractivity contribution in [1.82, 2.24) is 9.29 Å². The summed E-state index contributed by atoms with van der Waals surface area (Å²) < 4.78 is 24.8. The Balaban J connectivity index is 1.75. The molecule has 1 atom stereocenters. The second-order valence-electron chi connectivity index (χ2n) is 5.49. The fourth-order valence-electron chi connectivity index (χ4n) is 2.72. The largest absolute Gasteiger partial charge is 0.366 e. The predicted molar refractivity (Wildman–Crippen MR) is 84.8 cm³/mol. The number of benzene rings is 1. The van der Waals surface area contributed by atoms with Crippen LogP contribution >= 0.6 is 0 Å². The first-order chi connectivity index (χ1) is 10.0. The maximum Gasteiger partial charge on any atom is 0.211 e. The number of sulfonamides is 1. The van der Waals surface area contributed by atoms with E-state index in [1.165, 1.54) is 10.6 Å². The predicted octanol–water partition coefficient (Wildman–Crippen LogP) is 2.07. The number of anilines is 1. The van der Waals surface area contributed by atoms with E-state index in [2.05, 4.69) is 10.3 Å². The fourth-order valence-corrected chi connectivity index (χ4v) is 3.63. The number of fused-ring (bicyclic) bond motifs is 1. The molecule has 2 heterocycles. The van der Waals surface area contributed by atoms with Crippen LogP contribution in [-0.2, 0) is 10.0 Å². The second-order valence-corrected chi connectivity index (χ2v) is 7.48. The van der Waals surface area contributed by atoms with Crippen LogP contribution in [0.25, 0.3) is 10.9 Å². The van der Waals surface area contributed by atoms with E-state index in [1.54, 1.807) is 0 Å². The van der Waals surface area contributed by atoms with Gasteiger partial charge in [-0.25, -0.2) is 17.7 Å². The quantitative estimate of drug-likeness (QED) is 0.943. The number of pyridine rings is 1. The Hall–Kier alpha value is -1.66. The van der Waals surface area contributed by atoms with Gasteiger partial charge in [-0.15, -0.1) is 0 Å². The summed E-state index contributed by atoms with van der Waals surface area (Å²) in [4.78, 5) is 4.58. The molecule has 1 fully saturated rings. The third-order valence-electron chi connectivity index (χ3n) is 3.80. The number of hydrogen-bond acceptors (Lipinski definition) is 4. The molecule has 6 heteroatoms. The maximum absolute atomic E-state index is 11.6. The van der Waals surface area contributed by atoms with Crippen LogP contribution in [0.15, 0.2) is 36.4 Å². The smallest absolute Gasteiger partial charge is 0.211 e. The molecule has 3 rings (SSSR count). The number of piperidine rings is 1. The minimum Gasteiger partial charge on any atom is -0.366 e. The van der Waals surface area contributed by atoms with Gasteiger partial charge < -0.3 is 5.32 Å². The number of rotatable bonds is 3. The number of aromatic nitrogens is 1. The van der Waals surface area contributed by atoms with Gasteiger partial charge in [0.15, 0.2) is 0 Å². The van der Waals surface area contributed by atoms with Crippen LogP contribution < -0.4 is 5.32 Å². The van der Waals surface area contributed by atoms with Crippen LogP contribution in [0.4, 0.5) is 5.82 Å². The maximum atomic E-state index is 11.6. The minimum atomic E-state index is -3.11. The Morgan fingerprint density at radius 3 is 2.86 bits per heavy atom. The molecule has 1 saturated heterocycles. The summed E-state index contributed by atoms with van der Waals surface area (Å²) in [5.41, 5.74) is 0.943. The lowest BCUT2D eigenvalue weighted by molar-refractivity contribution is 0.329. The van der Waals surface area contributed by atoms with Crippen molar-refractivity contribution in [1.29, 1.82) is 0 Å². The first-order valence-corrected chi connectivity index (χ1v) is 8.95. The van der Waals surface area contributed by atoms with Gasteiger partial charge in [0.2, 0.25) is 10.0 Å². The lowest BCUT2D eigenvalue weighted by atomic mass is 10.1. The highest BCUT2D eigenvalue weighted by atomic mass is 32.2. The summed E-state index contributed by atoms with van der Waals surface area (Å²) in [7, 11) is -3.11. The first-order valence-electron chi connectivity index (χ1n) is 7.10. The lowest BCUT2D eigenvalue weighted by Gasteiger charge is -2.31. The zero-order valence-corrected chi connectivity index (χ0v) is 12.8. The highest BCUT2D eigenvalue weighted by molar-refractivity contribution is 7.88. The molecule has 5 nitrogen and oxygen atoms in total. The topological polar surface area (TPSA) is 62.3 Å². The molecule has 21 heavy (non-hydrogen) atoms. The average molecular weight is 305 g/mol. The van der Waals surface area contributed by atoms with E-state index < -0.39 is 10.0 Å². The first kappa shape index (κ1) is 14.3. The molecule has 2 aromatic rings. The monoisotopic (exact) mass is 305 g/mol. The van der Waals surface area contributed by atoms with Crippen molar-refractivity contribution in [2.45, 2.75) is 18.9 Å². The van der Waals surface area contributed by atoms with Gasteiger partial charge in [-0.2, -0.15) is 0 Å². The summed E-state index contributed by atoms with van der Waals surface area (Å²) in [5.74, 6) is 0.800. The van der Waals surface area contributed by atoms with Gasteiger partial charge in [-0.3, -0.25) is 0 Å². The third kappa shape index (κ3) is 3.33. The van der Waals surface area contributed by atoms with Crippen molar-refractivity contribution in [3.8, 4) is 0 Å². The van der Waals surface area contributed by atoms with Gasteiger partial charge in [0.1, 0.15) is 5.82 Å². The van der Waals surface area contributed by atoms with Crippen molar-refractivity contribution in [2.75, 3.05) is 24.7 Å². The molecule has 1 aliphatic heterocycles. The summed E-state index contributed by atoms with van der Waals surface area (Å²) in [6, 6.07) is 12.0. The molecule has 1 N–H and O–H groups in total. The summed E-state index contributed by atoms with van der Waals surface area (Å²) in [5, 5.41) is 4.46. The van der Waals surface area contributed by atoms with Crippen molar-refractivity contribution < 1.29 is 8.42 Å². The highest BCUT2D eigenvalue weighted by Crippen LogP contribution is 2.19. The second kappa shape index (κ2) is 5.61. The Morgan fingerprint density at radius 1 is 1.24 bits per heavy atom. The van der Waals surface area contributed by atoms with Crippen LogP contribution in [-0.4, -0.2) is 43.1 Å². The Labute approximate surface area is 125 Å². The van der Waals surface area contributed by atoms with Crippen LogP contribution in [0, 0.1) is 0 Å². The number of para-hydroxylation sites is 1. The molecule has 0 saturated carbocycles. The molecular weight excluding hydrogens is 286 g/mol. The summed E-state index contributed by atoms with van der Waals surface area (Å²) in [6.45, 7) is 1.12. The molecule has 1 aromatic carbocycles. The molecular formula is C15H19N3O2S. The van der Waals surface area contributed by atoms with Crippen LogP contribution in [0.5, 0.6) is 0 Å². The normalized spacial score (nSPS) is 20.5. The Bertz CT molecular complexity index is 745. The molecule has 1 unspecified atom stereocenters. The molecule has 0 spiro atoms. The van der Waals surface area contributed by atoms with Crippen LogP contribution in [0.3, 0.4) is 0 Å². The van der Waals surface area contributed by atoms with Gasteiger partial charge in [0.05, 0.1) is 11.8 Å². The van der Waals surface area contributed by atoms with Crippen molar-refractivity contribution in [3.05, 3.63) is 36.4 Å². The van der Waals surface area contributed by atoms with Gasteiger partial charge in [-0.05, 0) is 31.0 Å². The van der Waals surface area contributed by atoms with E-state index in [0.29, 0.717) is 13.1 Å². The van der Waals surface area contributed by atoms with Crippen molar-refractivity contribution in [2.24, 2.45) is 0 Å². The molecule has 0 amide bonds. The zero-order chi connectivity index (χ0) is 14.9. The van der Waals surface area contributed by atoms with E-state index in [-0.39, 0.29) is 6.04 Å². The average Bonchev–Trinajstić information content (AvgIpc) is 2.46.